The van der Waals surface area contributed by atoms with Crippen LogP contribution in [0.3, 0.4) is 0 Å². The molecule has 7 rings (SSSR count). The smallest absolute Gasteiger partial charge is 0.509 e. The fraction of sp³-hybridized carbons (Fsp3) is 0.111. The van der Waals surface area contributed by atoms with Crippen molar-refractivity contribution in [1.29, 1.82) is 0 Å². The summed E-state index contributed by atoms with van der Waals surface area (Å²) in [6.45, 7) is 4.12. The van der Waals surface area contributed by atoms with E-state index >= 15 is 0 Å². The SMILES string of the molecule is COc1nn(-c2[c-]c(Oc3[c-]c4c(cc3)c3ccccc3n4-c3cc(C)ccn3)ccc2)c(OC)c1-c1ccc(C)cc1.[Pt+2]. The summed E-state index contributed by atoms with van der Waals surface area (Å²) in [6.07, 6.45) is 1.83. The molecule has 3 heterocycles. The Morgan fingerprint density at radius 2 is 1.52 bits per heavy atom. The van der Waals surface area contributed by atoms with Crippen molar-refractivity contribution >= 4 is 21.8 Å². The van der Waals surface area contributed by atoms with Gasteiger partial charge in [0.15, 0.2) is 0 Å². The number of hydrogen-bond donors (Lipinski definition) is 0. The van der Waals surface area contributed by atoms with E-state index in [-0.39, 0.29) is 21.1 Å². The standard InChI is InChI=1S/C36H28N4O3.Pt/c1-23-12-14-25(15-13-23)34-35(41-3)38-40(36(34)42-4)26-8-7-9-27(21-26)43-28-16-17-30-29-10-5-6-11-31(29)39(32(30)22-28)33-20-24(2)18-19-37-33;/h5-20H,1-4H3;/q-2;+2. The minimum Gasteiger partial charge on any atom is -0.509 e. The Morgan fingerprint density at radius 3 is 2.30 bits per heavy atom. The van der Waals surface area contributed by atoms with Crippen molar-refractivity contribution in [2.75, 3.05) is 14.2 Å². The van der Waals surface area contributed by atoms with Crippen LogP contribution in [0.4, 0.5) is 0 Å². The number of aromatic nitrogens is 4. The van der Waals surface area contributed by atoms with Gasteiger partial charge in [-0.1, -0.05) is 53.5 Å². The first kappa shape index (κ1) is 29.2. The molecule has 0 aliphatic heterocycles. The van der Waals surface area contributed by atoms with E-state index in [2.05, 4.69) is 59.8 Å². The molecule has 0 radical (unpaired) electrons. The summed E-state index contributed by atoms with van der Waals surface area (Å²) < 4.78 is 21.6. The Labute approximate surface area is 269 Å². The number of rotatable bonds is 7. The van der Waals surface area contributed by atoms with E-state index in [0.717, 1.165) is 49.9 Å². The van der Waals surface area contributed by atoms with Crippen molar-refractivity contribution in [3.63, 3.8) is 0 Å². The minimum absolute atomic E-state index is 0. The molecule has 44 heavy (non-hydrogen) atoms. The van der Waals surface area contributed by atoms with Gasteiger partial charge in [0.1, 0.15) is 11.4 Å². The van der Waals surface area contributed by atoms with Gasteiger partial charge >= 0.3 is 21.1 Å². The van der Waals surface area contributed by atoms with Crippen LogP contribution in [0.15, 0.2) is 97.2 Å². The van der Waals surface area contributed by atoms with Crippen LogP contribution < -0.4 is 14.2 Å². The molecule has 0 spiro atoms. The third-order valence-electron chi connectivity index (χ3n) is 7.43. The van der Waals surface area contributed by atoms with Gasteiger partial charge in [-0.15, -0.1) is 40.8 Å². The zero-order valence-electron chi connectivity index (χ0n) is 24.6. The Kier molecular flexibility index (Phi) is 7.98. The predicted molar refractivity (Wildman–Crippen MR) is 168 cm³/mol. The molecule has 0 N–H and O–H groups in total. The van der Waals surface area contributed by atoms with Gasteiger partial charge in [0.05, 0.1) is 14.2 Å². The monoisotopic (exact) mass is 759 g/mol. The Bertz CT molecular complexity index is 2120. The number of nitrogens with zero attached hydrogens (tertiary/aromatic N) is 4. The van der Waals surface area contributed by atoms with Gasteiger partial charge in [-0.25, -0.2) is 9.67 Å². The van der Waals surface area contributed by atoms with Crippen LogP contribution in [-0.2, 0) is 21.1 Å². The summed E-state index contributed by atoms with van der Waals surface area (Å²) in [5, 5.41) is 6.90. The first-order valence-corrected chi connectivity index (χ1v) is 13.9. The summed E-state index contributed by atoms with van der Waals surface area (Å²) in [5.74, 6) is 2.90. The third kappa shape index (κ3) is 5.14. The number of pyridine rings is 1. The molecule has 0 fully saturated rings. The second-order valence-corrected chi connectivity index (χ2v) is 10.3. The third-order valence-corrected chi connectivity index (χ3v) is 7.43. The minimum atomic E-state index is 0. The molecule has 8 heteroatoms. The Hall–Kier alpha value is -4.87. The van der Waals surface area contributed by atoms with E-state index in [4.69, 9.17) is 19.3 Å². The molecule has 0 unspecified atom stereocenters. The largest absolute Gasteiger partial charge is 2.00 e. The summed E-state index contributed by atoms with van der Waals surface area (Å²) in [7, 11) is 3.22. The first-order valence-electron chi connectivity index (χ1n) is 13.9. The maximum Gasteiger partial charge on any atom is 2.00 e. The van der Waals surface area contributed by atoms with E-state index in [9.17, 15) is 0 Å². The molecular weight excluding hydrogens is 731 g/mol. The van der Waals surface area contributed by atoms with Crippen molar-refractivity contribution in [3.8, 4) is 45.9 Å². The van der Waals surface area contributed by atoms with Gasteiger partial charge in [0, 0.05) is 23.2 Å². The molecule has 220 valence electrons. The van der Waals surface area contributed by atoms with E-state index < -0.39 is 0 Å². The molecule has 0 aliphatic carbocycles. The van der Waals surface area contributed by atoms with Crippen LogP contribution in [0, 0.1) is 26.0 Å². The zero-order chi connectivity index (χ0) is 29.5. The second kappa shape index (κ2) is 12.0. The maximum atomic E-state index is 6.34. The number of ether oxygens (including phenoxy) is 3. The molecule has 7 aromatic rings. The number of aryl methyl sites for hydroxylation is 2. The molecule has 0 saturated heterocycles. The average molecular weight is 760 g/mol. The molecule has 7 nitrogen and oxygen atoms in total. The van der Waals surface area contributed by atoms with Crippen LogP contribution >= 0.6 is 0 Å². The van der Waals surface area contributed by atoms with Crippen molar-refractivity contribution in [1.82, 2.24) is 19.3 Å². The number of para-hydroxylation sites is 1. The van der Waals surface area contributed by atoms with E-state index in [1.165, 1.54) is 0 Å². The van der Waals surface area contributed by atoms with Gasteiger partial charge in [0.2, 0.25) is 11.8 Å². The maximum absolute atomic E-state index is 6.34. The summed E-state index contributed by atoms with van der Waals surface area (Å²) in [4.78, 5) is 4.66. The van der Waals surface area contributed by atoms with Crippen LogP contribution in [0.25, 0.3) is 44.4 Å². The quantitative estimate of drug-likeness (QED) is 0.154. The Morgan fingerprint density at radius 1 is 0.727 bits per heavy atom. The summed E-state index contributed by atoms with van der Waals surface area (Å²) in [6, 6.07) is 37.0. The molecule has 0 bridgehead atoms. The average Bonchev–Trinajstić information content (AvgIpc) is 3.57. The van der Waals surface area contributed by atoms with E-state index in [0.29, 0.717) is 28.9 Å². The number of hydrogen-bond acceptors (Lipinski definition) is 5. The van der Waals surface area contributed by atoms with Gasteiger partial charge < -0.3 is 18.8 Å². The topological polar surface area (TPSA) is 63.3 Å². The molecule has 0 saturated carbocycles. The molecule has 3 aromatic heterocycles. The van der Waals surface area contributed by atoms with Crippen molar-refractivity contribution < 1.29 is 35.3 Å². The van der Waals surface area contributed by atoms with Crippen molar-refractivity contribution in [2.24, 2.45) is 0 Å². The summed E-state index contributed by atoms with van der Waals surface area (Å²) in [5.41, 5.74) is 6.59. The van der Waals surface area contributed by atoms with Gasteiger partial charge in [0.25, 0.3) is 0 Å². The van der Waals surface area contributed by atoms with Crippen LogP contribution in [0.2, 0.25) is 0 Å². The first-order chi connectivity index (χ1) is 21.0. The molecule has 0 atom stereocenters. The van der Waals surface area contributed by atoms with E-state index in [1.54, 1.807) is 18.9 Å². The normalized spacial score (nSPS) is 11.0. The van der Waals surface area contributed by atoms with Gasteiger partial charge in [-0.3, -0.25) is 0 Å². The number of benzene rings is 4. The molecular formula is C36H28N4O3Pt. The van der Waals surface area contributed by atoms with Crippen LogP contribution in [-0.4, -0.2) is 33.6 Å². The Balaban J connectivity index is 0.00000343. The fourth-order valence-corrected chi connectivity index (χ4v) is 5.40. The number of fused-ring (bicyclic) bond motifs is 3. The summed E-state index contributed by atoms with van der Waals surface area (Å²) >= 11 is 0. The zero-order valence-corrected chi connectivity index (χ0v) is 26.8. The second-order valence-electron chi connectivity index (χ2n) is 10.3. The molecule has 4 aromatic carbocycles. The van der Waals surface area contributed by atoms with Gasteiger partial charge in [-0.2, -0.15) is 12.1 Å². The number of methoxy groups -OCH3 is 2. The van der Waals surface area contributed by atoms with Crippen molar-refractivity contribution in [2.45, 2.75) is 13.8 Å². The van der Waals surface area contributed by atoms with Gasteiger partial charge in [-0.05, 0) is 54.2 Å². The fourth-order valence-electron chi connectivity index (χ4n) is 5.40. The molecule has 0 amide bonds. The molecule has 0 aliphatic rings. The van der Waals surface area contributed by atoms with Crippen LogP contribution in [0.5, 0.6) is 23.3 Å². The van der Waals surface area contributed by atoms with Crippen molar-refractivity contribution in [3.05, 3.63) is 120 Å². The predicted octanol–water partition coefficient (Wildman–Crippen LogP) is 8.06. The van der Waals surface area contributed by atoms with Crippen LogP contribution in [0.1, 0.15) is 11.1 Å². The van der Waals surface area contributed by atoms with E-state index in [1.807, 2.05) is 72.9 Å².